The molecule has 1 aromatic rings. The van der Waals surface area contributed by atoms with Gasteiger partial charge in [-0.05, 0) is 63.5 Å². The van der Waals surface area contributed by atoms with Crippen molar-refractivity contribution in [2.45, 2.75) is 70.6 Å². The molecular weight excluding hydrogens is 300 g/mol. The number of hydrogen-bond donors (Lipinski definition) is 1. The third kappa shape index (κ3) is 4.97. The van der Waals surface area contributed by atoms with Crippen LogP contribution in [0.5, 0.6) is 0 Å². The summed E-state index contributed by atoms with van der Waals surface area (Å²) in [4.78, 5) is 14.1. The number of likely N-dealkylation sites (tertiary alicyclic amines) is 1. The molecule has 1 N–H and O–H groups in total. The average Bonchev–Trinajstić information content (AvgIpc) is 3.37. The number of amides is 1. The lowest BCUT2D eigenvalue weighted by atomic mass is 10.0. The van der Waals surface area contributed by atoms with E-state index in [2.05, 4.69) is 29.6 Å². The number of hydrogen-bond acceptors (Lipinski definition) is 3. The van der Waals surface area contributed by atoms with Gasteiger partial charge in [0.25, 0.3) is 0 Å². The van der Waals surface area contributed by atoms with Crippen LogP contribution in [0.15, 0.2) is 24.3 Å². The highest BCUT2D eigenvalue weighted by molar-refractivity contribution is 5.68. The van der Waals surface area contributed by atoms with Gasteiger partial charge in [0, 0.05) is 25.7 Å². The molecule has 2 fully saturated rings. The molecule has 1 saturated carbocycles. The molecule has 1 atom stereocenters. The van der Waals surface area contributed by atoms with Crippen LogP contribution in [-0.2, 0) is 11.3 Å². The Bertz CT molecular complexity index is 575. The molecule has 1 aliphatic carbocycles. The molecule has 4 heteroatoms. The quantitative estimate of drug-likeness (QED) is 0.905. The van der Waals surface area contributed by atoms with Crippen molar-refractivity contribution in [2.75, 3.05) is 13.1 Å². The summed E-state index contributed by atoms with van der Waals surface area (Å²) in [6, 6.07) is 9.27. The summed E-state index contributed by atoms with van der Waals surface area (Å²) in [5.41, 5.74) is 2.39. The Morgan fingerprint density at radius 1 is 1.29 bits per heavy atom. The fourth-order valence-electron chi connectivity index (χ4n) is 3.27. The fourth-order valence-corrected chi connectivity index (χ4v) is 3.27. The average molecular weight is 330 g/mol. The Hall–Kier alpha value is -1.55. The number of rotatable bonds is 4. The van der Waals surface area contributed by atoms with Crippen LogP contribution in [0.25, 0.3) is 0 Å². The minimum Gasteiger partial charge on any atom is -0.444 e. The Morgan fingerprint density at radius 3 is 2.79 bits per heavy atom. The zero-order chi connectivity index (χ0) is 17.2. The molecule has 24 heavy (non-hydrogen) atoms. The van der Waals surface area contributed by atoms with Gasteiger partial charge in [0.1, 0.15) is 5.60 Å². The molecule has 0 bridgehead atoms. The van der Waals surface area contributed by atoms with Crippen LogP contribution in [0.3, 0.4) is 0 Å². The van der Waals surface area contributed by atoms with E-state index >= 15 is 0 Å². The van der Waals surface area contributed by atoms with Crippen molar-refractivity contribution in [3.8, 4) is 0 Å². The smallest absolute Gasteiger partial charge is 0.410 e. The number of nitrogens with one attached hydrogen (secondary N) is 1. The van der Waals surface area contributed by atoms with Crippen LogP contribution in [0.4, 0.5) is 4.79 Å². The minimum atomic E-state index is -0.430. The fraction of sp³-hybridized carbons (Fsp3) is 0.650. The third-order valence-electron chi connectivity index (χ3n) is 4.67. The number of piperidine rings is 1. The van der Waals surface area contributed by atoms with Crippen molar-refractivity contribution in [3.05, 3.63) is 35.4 Å². The van der Waals surface area contributed by atoms with Gasteiger partial charge < -0.3 is 15.0 Å². The molecule has 1 aromatic carbocycles. The van der Waals surface area contributed by atoms with Crippen molar-refractivity contribution < 1.29 is 9.53 Å². The lowest BCUT2D eigenvalue weighted by Gasteiger charge is -2.34. The first-order chi connectivity index (χ1) is 11.4. The zero-order valence-electron chi connectivity index (χ0n) is 15.2. The maximum atomic E-state index is 12.2. The maximum absolute atomic E-state index is 12.2. The molecule has 2 aliphatic rings. The first-order valence-corrected chi connectivity index (χ1v) is 9.21. The van der Waals surface area contributed by atoms with E-state index in [0.717, 1.165) is 38.4 Å². The van der Waals surface area contributed by atoms with Gasteiger partial charge in [-0.15, -0.1) is 0 Å². The van der Waals surface area contributed by atoms with E-state index in [1.165, 1.54) is 24.0 Å². The Balaban J connectivity index is 1.50. The number of carbonyl (C=O) groups excluding carboxylic acids is 1. The van der Waals surface area contributed by atoms with Gasteiger partial charge in [0.2, 0.25) is 0 Å². The minimum absolute atomic E-state index is 0.190. The molecule has 0 spiro atoms. The molecular formula is C20H30N2O2. The number of benzene rings is 1. The summed E-state index contributed by atoms with van der Waals surface area (Å²) >= 11 is 0. The van der Waals surface area contributed by atoms with Gasteiger partial charge in [0.05, 0.1) is 0 Å². The predicted molar refractivity (Wildman–Crippen MR) is 96.1 cm³/mol. The standard InChI is InChI=1S/C20H30N2O2/c1-20(2,3)24-19(23)22-11-5-8-18(14-22)21-13-15-6-4-7-17(12-15)16-9-10-16/h4,6-7,12,16,18,21H,5,8-11,13-14H2,1-3H3. The number of carbonyl (C=O) groups is 1. The molecule has 1 unspecified atom stereocenters. The Morgan fingerprint density at radius 2 is 2.08 bits per heavy atom. The lowest BCUT2D eigenvalue weighted by Crippen LogP contribution is -2.49. The molecule has 0 aromatic heterocycles. The highest BCUT2D eigenvalue weighted by Crippen LogP contribution is 2.40. The predicted octanol–water partition coefficient (Wildman–Crippen LogP) is 4.05. The van der Waals surface area contributed by atoms with E-state index in [9.17, 15) is 4.79 Å². The van der Waals surface area contributed by atoms with Crippen molar-refractivity contribution >= 4 is 6.09 Å². The van der Waals surface area contributed by atoms with E-state index in [1.807, 2.05) is 25.7 Å². The van der Waals surface area contributed by atoms with Crippen LogP contribution in [0.1, 0.15) is 63.5 Å². The molecule has 3 rings (SSSR count). The Kier molecular flexibility index (Phi) is 5.14. The SMILES string of the molecule is CC(C)(C)OC(=O)N1CCCC(NCc2cccc(C3CC3)c2)C1. The molecule has 0 radical (unpaired) electrons. The van der Waals surface area contributed by atoms with E-state index in [4.69, 9.17) is 4.74 Å². The Labute approximate surface area is 145 Å². The number of ether oxygens (including phenoxy) is 1. The summed E-state index contributed by atoms with van der Waals surface area (Å²) in [6.45, 7) is 8.14. The van der Waals surface area contributed by atoms with Gasteiger partial charge >= 0.3 is 6.09 Å². The van der Waals surface area contributed by atoms with Crippen molar-refractivity contribution in [2.24, 2.45) is 0 Å². The van der Waals surface area contributed by atoms with Gasteiger partial charge in [-0.1, -0.05) is 24.3 Å². The van der Waals surface area contributed by atoms with E-state index < -0.39 is 5.60 Å². The molecule has 132 valence electrons. The van der Waals surface area contributed by atoms with Crippen molar-refractivity contribution in [1.29, 1.82) is 0 Å². The second kappa shape index (κ2) is 7.14. The van der Waals surface area contributed by atoms with Gasteiger partial charge in [-0.3, -0.25) is 0 Å². The van der Waals surface area contributed by atoms with Crippen LogP contribution in [-0.4, -0.2) is 35.7 Å². The van der Waals surface area contributed by atoms with Crippen LogP contribution < -0.4 is 5.32 Å². The summed E-state index contributed by atoms with van der Waals surface area (Å²) in [6.07, 6.45) is 4.62. The van der Waals surface area contributed by atoms with Crippen LogP contribution >= 0.6 is 0 Å². The second-order valence-electron chi connectivity index (χ2n) is 8.17. The van der Waals surface area contributed by atoms with Gasteiger partial charge in [0.15, 0.2) is 0 Å². The van der Waals surface area contributed by atoms with Crippen LogP contribution in [0, 0.1) is 0 Å². The first kappa shape index (κ1) is 17.3. The van der Waals surface area contributed by atoms with Gasteiger partial charge in [-0.2, -0.15) is 0 Å². The third-order valence-corrected chi connectivity index (χ3v) is 4.67. The summed E-state index contributed by atoms with van der Waals surface area (Å²) in [5, 5.41) is 3.62. The summed E-state index contributed by atoms with van der Waals surface area (Å²) in [7, 11) is 0. The second-order valence-corrected chi connectivity index (χ2v) is 8.17. The lowest BCUT2D eigenvalue weighted by molar-refractivity contribution is 0.0187. The highest BCUT2D eigenvalue weighted by Gasteiger charge is 2.27. The van der Waals surface area contributed by atoms with Gasteiger partial charge in [-0.25, -0.2) is 4.79 Å². The largest absolute Gasteiger partial charge is 0.444 e. The monoisotopic (exact) mass is 330 g/mol. The maximum Gasteiger partial charge on any atom is 0.410 e. The normalized spacial score (nSPS) is 21.6. The van der Waals surface area contributed by atoms with E-state index in [-0.39, 0.29) is 6.09 Å². The van der Waals surface area contributed by atoms with Crippen LogP contribution in [0.2, 0.25) is 0 Å². The summed E-state index contributed by atoms with van der Waals surface area (Å²) in [5.74, 6) is 0.794. The summed E-state index contributed by atoms with van der Waals surface area (Å²) < 4.78 is 5.50. The molecule has 1 aliphatic heterocycles. The molecule has 4 nitrogen and oxygen atoms in total. The highest BCUT2D eigenvalue weighted by atomic mass is 16.6. The van der Waals surface area contributed by atoms with E-state index in [0.29, 0.717) is 6.04 Å². The zero-order valence-corrected chi connectivity index (χ0v) is 15.2. The molecule has 1 amide bonds. The van der Waals surface area contributed by atoms with Crippen molar-refractivity contribution in [1.82, 2.24) is 10.2 Å². The van der Waals surface area contributed by atoms with Crippen molar-refractivity contribution in [3.63, 3.8) is 0 Å². The van der Waals surface area contributed by atoms with E-state index in [1.54, 1.807) is 0 Å². The number of nitrogens with zero attached hydrogens (tertiary/aromatic N) is 1. The first-order valence-electron chi connectivity index (χ1n) is 9.21. The molecule has 1 heterocycles. The topological polar surface area (TPSA) is 41.6 Å². The molecule has 1 saturated heterocycles.